The van der Waals surface area contributed by atoms with Crippen LogP contribution in [0.2, 0.25) is 0 Å². The monoisotopic (exact) mass is 254 g/mol. The largest absolute Gasteiger partial charge is 0.380 e. The van der Waals surface area contributed by atoms with Gasteiger partial charge in [-0.3, -0.25) is 4.90 Å². The first kappa shape index (κ1) is 14.3. The molecule has 0 amide bonds. The van der Waals surface area contributed by atoms with Gasteiger partial charge in [0.2, 0.25) is 0 Å². The van der Waals surface area contributed by atoms with Crippen LogP contribution in [0, 0.1) is 5.92 Å². The third-order valence-corrected chi connectivity index (χ3v) is 4.46. The van der Waals surface area contributed by atoms with Crippen LogP contribution in [-0.4, -0.2) is 50.3 Å². The van der Waals surface area contributed by atoms with Crippen molar-refractivity contribution in [2.75, 3.05) is 39.4 Å². The molecule has 106 valence electrons. The van der Waals surface area contributed by atoms with Crippen molar-refractivity contribution in [3.8, 4) is 0 Å². The molecule has 1 aliphatic carbocycles. The predicted octanol–water partition coefficient (Wildman–Crippen LogP) is 2.27. The van der Waals surface area contributed by atoms with Crippen molar-refractivity contribution in [2.24, 2.45) is 5.92 Å². The lowest BCUT2D eigenvalue weighted by Gasteiger charge is -2.42. The molecule has 2 rings (SSSR count). The molecule has 1 heterocycles. The van der Waals surface area contributed by atoms with Gasteiger partial charge in [0.15, 0.2) is 0 Å². The fourth-order valence-electron chi connectivity index (χ4n) is 3.46. The highest BCUT2D eigenvalue weighted by molar-refractivity contribution is 4.86. The number of nitrogens with one attached hydrogen (secondary N) is 1. The van der Waals surface area contributed by atoms with E-state index >= 15 is 0 Å². The van der Waals surface area contributed by atoms with E-state index in [1.807, 2.05) is 0 Å². The highest BCUT2D eigenvalue weighted by atomic mass is 16.5. The van der Waals surface area contributed by atoms with Gasteiger partial charge in [0.05, 0.1) is 6.61 Å². The van der Waals surface area contributed by atoms with Crippen LogP contribution in [0.15, 0.2) is 0 Å². The number of piperazine rings is 1. The van der Waals surface area contributed by atoms with E-state index in [4.69, 9.17) is 4.74 Å². The lowest BCUT2D eigenvalue weighted by atomic mass is 9.82. The lowest BCUT2D eigenvalue weighted by Crippen LogP contribution is -2.55. The van der Waals surface area contributed by atoms with Crippen molar-refractivity contribution in [3.05, 3.63) is 0 Å². The molecule has 1 saturated carbocycles. The molecule has 1 N–H and O–H groups in total. The van der Waals surface area contributed by atoms with Crippen molar-refractivity contribution in [1.29, 1.82) is 0 Å². The molecule has 2 aliphatic rings. The van der Waals surface area contributed by atoms with Gasteiger partial charge in [-0.1, -0.05) is 26.2 Å². The van der Waals surface area contributed by atoms with Gasteiger partial charge in [0.25, 0.3) is 0 Å². The maximum atomic E-state index is 5.66. The van der Waals surface area contributed by atoms with Gasteiger partial charge in [0, 0.05) is 38.8 Å². The van der Waals surface area contributed by atoms with E-state index in [0.717, 1.165) is 44.7 Å². The molecular weight excluding hydrogens is 224 g/mol. The highest BCUT2D eigenvalue weighted by Crippen LogP contribution is 2.29. The van der Waals surface area contributed by atoms with E-state index in [2.05, 4.69) is 17.1 Å². The molecule has 1 unspecified atom stereocenters. The second-order valence-corrected chi connectivity index (χ2v) is 5.82. The summed E-state index contributed by atoms with van der Waals surface area (Å²) in [7, 11) is 0. The summed E-state index contributed by atoms with van der Waals surface area (Å²) in [6.45, 7) is 8.68. The Kier molecular flexibility index (Phi) is 6.46. The quantitative estimate of drug-likeness (QED) is 0.736. The van der Waals surface area contributed by atoms with E-state index in [9.17, 15) is 0 Å². The van der Waals surface area contributed by atoms with Crippen molar-refractivity contribution in [1.82, 2.24) is 10.2 Å². The molecule has 0 radical (unpaired) electrons. The molecule has 0 aromatic carbocycles. The average Bonchev–Trinajstić information content (AvgIpc) is 2.45. The molecule has 0 aromatic rings. The zero-order valence-corrected chi connectivity index (χ0v) is 12.0. The summed E-state index contributed by atoms with van der Waals surface area (Å²) in [4.78, 5) is 2.68. The Bertz CT molecular complexity index is 217. The van der Waals surface area contributed by atoms with E-state index in [1.165, 1.54) is 45.2 Å². The highest BCUT2D eigenvalue weighted by Gasteiger charge is 2.30. The molecule has 0 spiro atoms. The Morgan fingerprint density at radius 2 is 2.00 bits per heavy atom. The summed E-state index contributed by atoms with van der Waals surface area (Å²) in [5, 5.41) is 3.58. The molecule has 1 aliphatic heterocycles. The summed E-state index contributed by atoms with van der Waals surface area (Å²) in [5.74, 6) is 0.928. The fraction of sp³-hybridized carbons (Fsp3) is 1.00. The Hall–Kier alpha value is -0.120. The SMILES string of the molecule is CCCOCCN1CCNCC1C1CCCCC1. The van der Waals surface area contributed by atoms with E-state index in [-0.39, 0.29) is 0 Å². The van der Waals surface area contributed by atoms with Gasteiger partial charge in [-0.2, -0.15) is 0 Å². The lowest BCUT2D eigenvalue weighted by molar-refractivity contribution is 0.0493. The third kappa shape index (κ3) is 4.22. The van der Waals surface area contributed by atoms with Gasteiger partial charge < -0.3 is 10.1 Å². The maximum absolute atomic E-state index is 5.66. The summed E-state index contributed by atoms with van der Waals surface area (Å²) >= 11 is 0. The summed E-state index contributed by atoms with van der Waals surface area (Å²) in [6, 6.07) is 0.768. The first-order valence-electron chi connectivity index (χ1n) is 7.94. The van der Waals surface area contributed by atoms with E-state index in [1.54, 1.807) is 0 Å². The molecule has 3 heteroatoms. The predicted molar refractivity (Wildman–Crippen MR) is 75.9 cm³/mol. The zero-order valence-electron chi connectivity index (χ0n) is 12.0. The van der Waals surface area contributed by atoms with Gasteiger partial charge in [0.1, 0.15) is 0 Å². The molecule has 1 atom stereocenters. The second-order valence-electron chi connectivity index (χ2n) is 5.82. The van der Waals surface area contributed by atoms with Crippen LogP contribution in [0.4, 0.5) is 0 Å². The van der Waals surface area contributed by atoms with Crippen LogP contribution in [0.3, 0.4) is 0 Å². The second kappa shape index (κ2) is 8.13. The molecule has 0 bridgehead atoms. The Morgan fingerprint density at radius 3 is 2.78 bits per heavy atom. The standard InChI is InChI=1S/C15H30N2O/c1-2-11-18-12-10-17-9-8-16-13-15(17)14-6-4-3-5-7-14/h14-16H,2-13H2,1H3. The molecule has 1 saturated heterocycles. The number of rotatable bonds is 6. The van der Waals surface area contributed by atoms with Crippen molar-refractivity contribution >= 4 is 0 Å². The molecule has 3 nitrogen and oxygen atoms in total. The molecular formula is C15H30N2O. The van der Waals surface area contributed by atoms with Crippen molar-refractivity contribution in [2.45, 2.75) is 51.5 Å². The normalized spacial score (nSPS) is 27.5. The third-order valence-electron chi connectivity index (χ3n) is 4.46. The molecule has 0 aromatic heterocycles. The van der Waals surface area contributed by atoms with E-state index in [0.29, 0.717) is 0 Å². The zero-order chi connectivity index (χ0) is 12.6. The fourth-order valence-corrected chi connectivity index (χ4v) is 3.46. The number of ether oxygens (including phenoxy) is 1. The van der Waals surface area contributed by atoms with Gasteiger partial charge in [-0.25, -0.2) is 0 Å². The first-order chi connectivity index (χ1) is 8.92. The molecule has 2 fully saturated rings. The Morgan fingerprint density at radius 1 is 1.17 bits per heavy atom. The number of nitrogens with zero attached hydrogens (tertiary/aromatic N) is 1. The topological polar surface area (TPSA) is 24.5 Å². The number of hydrogen-bond acceptors (Lipinski definition) is 3. The van der Waals surface area contributed by atoms with Gasteiger partial charge in [-0.05, 0) is 25.2 Å². The summed E-state index contributed by atoms with van der Waals surface area (Å²) in [5.41, 5.74) is 0. The Labute approximate surface area is 112 Å². The first-order valence-corrected chi connectivity index (χ1v) is 7.94. The minimum atomic E-state index is 0.768. The minimum absolute atomic E-state index is 0.768. The van der Waals surface area contributed by atoms with Crippen LogP contribution in [0.25, 0.3) is 0 Å². The number of hydrogen-bond donors (Lipinski definition) is 1. The summed E-state index contributed by atoms with van der Waals surface area (Å²) in [6.07, 6.45) is 8.36. The summed E-state index contributed by atoms with van der Waals surface area (Å²) < 4.78 is 5.66. The van der Waals surface area contributed by atoms with Gasteiger partial charge >= 0.3 is 0 Å². The van der Waals surface area contributed by atoms with Crippen LogP contribution in [-0.2, 0) is 4.74 Å². The van der Waals surface area contributed by atoms with E-state index < -0.39 is 0 Å². The smallest absolute Gasteiger partial charge is 0.0593 e. The van der Waals surface area contributed by atoms with Crippen LogP contribution in [0.5, 0.6) is 0 Å². The molecule has 18 heavy (non-hydrogen) atoms. The van der Waals surface area contributed by atoms with Crippen LogP contribution < -0.4 is 5.32 Å². The van der Waals surface area contributed by atoms with Gasteiger partial charge in [-0.15, -0.1) is 0 Å². The van der Waals surface area contributed by atoms with Crippen LogP contribution in [0.1, 0.15) is 45.4 Å². The Balaban J connectivity index is 1.77. The maximum Gasteiger partial charge on any atom is 0.0593 e. The average molecular weight is 254 g/mol. The van der Waals surface area contributed by atoms with Crippen molar-refractivity contribution in [3.63, 3.8) is 0 Å². The minimum Gasteiger partial charge on any atom is -0.380 e. The van der Waals surface area contributed by atoms with Crippen LogP contribution >= 0.6 is 0 Å². The van der Waals surface area contributed by atoms with Crippen molar-refractivity contribution < 1.29 is 4.74 Å².